The lowest BCUT2D eigenvalue weighted by atomic mass is 10.2. The quantitative estimate of drug-likeness (QED) is 0.601. The molecule has 0 radical (unpaired) electrons. The Hall–Kier alpha value is -1.63. The van der Waals surface area contributed by atoms with Crippen LogP contribution in [0.15, 0.2) is 57.9 Å². The average molecular weight is 392 g/mol. The number of thioether (sulfide) groups is 1. The van der Waals surface area contributed by atoms with E-state index in [-0.39, 0.29) is 11.7 Å². The summed E-state index contributed by atoms with van der Waals surface area (Å²) >= 11 is 9.97. The highest BCUT2D eigenvalue weighted by Gasteiger charge is 2.33. The molecule has 110 valence electrons. The highest BCUT2D eigenvalue weighted by Crippen LogP contribution is 2.36. The minimum atomic E-state index is -0.134. The molecular weight excluding hydrogens is 382 g/mol. The van der Waals surface area contributed by atoms with Gasteiger partial charge >= 0.3 is 0 Å². The first kappa shape index (κ1) is 15.3. The second-order valence-corrected chi connectivity index (χ2v) is 7.18. The van der Waals surface area contributed by atoms with Gasteiger partial charge in [0.25, 0.3) is 5.91 Å². The standard InChI is InChI=1S/C16H10BrNO2S2/c17-11-3-5-12(6-4-11)18-15(20)14(22-16(18)21)9-10-1-7-13(19)8-2-10/h1-9,19H/b14-9+. The van der Waals surface area contributed by atoms with Gasteiger partial charge in [0.15, 0.2) is 4.32 Å². The molecule has 0 spiro atoms. The van der Waals surface area contributed by atoms with Crippen LogP contribution >= 0.6 is 39.9 Å². The number of amides is 1. The number of nitrogens with zero attached hydrogens (tertiary/aromatic N) is 1. The van der Waals surface area contributed by atoms with Crippen molar-refractivity contribution in [3.05, 3.63) is 63.5 Å². The Morgan fingerprint density at radius 1 is 1.09 bits per heavy atom. The first-order chi connectivity index (χ1) is 10.5. The van der Waals surface area contributed by atoms with Gasteiger partial charge in [-0.15, -0.1) is 0 Å². The number of hydrogen-bond acceptors (Lipinski definition) is 4. The van der Waals surface area contributed by atoms with Crippen LogP contribution in [0.1, 0.15) is 5.56 Å². The minimum Gasteiger partial charge on any atom is -0.508 e. The van der Waals surface area contributed by atoms with E-state index < -0.39 is 0 Å². The van der Waals surface area contributed by atoms with Crippen molar-refractivity contribution in [2.75, 3.05) is 4.90 Å². The van der Waals surface area contributed by atoms with E-state index in [0.717, 1.165) is 15.7 Å². The molecule has 6 heteroatoms. The van der Waals surface area contributed by atoms with Gasteiger partial charge in [0.05, 0.1) is 10.6 Å². The van der Waals surface area contributed by atoms with Gasteiger partial charge in [-0.3, -0.25) is 9.69 Å². The fraction of sp³-hybridized carbons (Fsp3) is 0. The zero-order chi connectivity index (χ0) is 15.7. The molecule has 22 heavy (non-hydrogen) atoms. The number of rotatable bonds is 2. The molecule has 2 aromatic rings. The fourth-order valence-electron chi connectivity index (χ4n) is 2.00. The van der Waals surface area contributed by atoms with Crippen LogP contribution in [-0.4, -0.2) is 15.3 Å². The number of halogens is 1. The topological polar surface area (TPSA) is 40.5 Å². The third-order valence-corrected chi connectivity index (χ3v) is 4.90. The Balaban J connectivity index is 1.91. The van der Waals surface area contributed by atoms with Crippen molar-refractivity contribution in [2.24, 2.45) is 0 Å². The lowest BCUT2D eigenvalue weighted by Gasteiger charge is -2.14. The summed E-state index contributed by atoms with van der Waals surface area (Å²) in [7, 11) is 0. The molecule has 0 aliphatic carbocycles. The second-order valence-electron chi connectivity index (χ2n) is 4.59. The van der Waals surface area contributed by atoms with Crippen molar-refractivity contribution in [2.45, 2.75) is 0 Å². The van der Waals surface area contributed by atoms with E-state index in [0.29, 0.717) is 9.23 Å². The monoisotopic (exact) mass is 391 g/mol. The van der Waals surface area contributed by atoms with Crippen molar-refractivity contribution in [3.8, 4) is 5.75 Å². The van der Waals surface area contributed by atoms with Crippen molar-refractivity contribution < 1.29 is 9.90 Å². The maximum absolute atomic E-state index is 12.6. The van der Waals surface area contributed by atoms with E-state index >= 15 is 0 Å². The molecule has 1 heterocycles. The van der Waals surface area contributed by atoms with Crippen LogP contribution in [0.5, 0.6) is 5.75 Å². The molecule has 2 aromatic carbocycles. The first-order valence-corrected chi connectivity index (χ1v) is 8.39. The zero-order valence-electron chi connectivity index (χ0n) is 11.2. The average Bonchev–Trinajstić information content (AvgIpc) is 2.77. The van der Waals surface area contributed by atoms with Crippen molar-refractivity contribution >= 4 is 61.9 Å². The second kappa shape index (κ2) is 6.24. The van der Waals surface area contributed by atoms with E-state index in [2.05, 4.69) is 15.9 Å². The predicted molar refractivity (Wildman–Crippen MR) is 97.9 cm³/mol. The number of phenolic OH excluding ortho intramolecular Hbond substituents is 1. The molecule has 0 saturated carbocycles. The van der Waals surface area contributed by atoms with Crippen LogP contribution in [0.4, 0.5) is 5.69 Å². The molecule has 0 unspecified atom stereocenters. The van der Waals surface area contributed by atoms with Crippen LogP contribution < -0.4 is 4.90 Å². The number of carbonyl (C=O) groups is 1. The lowest BCUT2D eigenvalue weighted by Crippen LogP contribution is -2.27. The molecule has 1 aliphatic rings. The van der Waals surface area contributed by atoms with Gasteiger partial charge in [-0.2, -0.15) is 0 Å². The van der Waals surface area contributed by atoms with Crippen LogP contribution in [-0.2, 0) is 4.79 Å². The molecule has 1 N–H and O–H groups in total. The smallest absolute Gasteiger partial charge is 0.270 e. The summed E-state index contributed by atoms with van der Waals surface area (Å²) in [6.07, 6.45) is 1.78. The summed E-state index contributed by atoms with van der Waals surface area (Å²) in [6.45, 7) is 0. The van der Waals surface area contributed by atoms with Crippen LogP contribution in [0.2, 0.25) is 0 Å². The van der Waals surface area contributed by atoms with Gasteiger partial charge in [-0.05, 0) is 48.0 Å². The van der Waals surface area contributed by atoms with Gasteiger partial charge in [-0.1, -0.05) is 52.0 Å². The molecule has 1 fully saturated rings. The van der Waals surface area contributed by atoms with Crippen LogP contribution in [0.25, 0.3) is 6.08 Å². The maximum Gasteiger partial charge on any atom is 0.270 e. The summed E-state index contributed by atoms with van der Waals surface area (Å²) < 4.78 is 1.46. The Morgan fingerprint density at radius 3 is 2.36 bits per heavy atom. The number of phenols is 1. The molecule has 1 aliphatic heterocycles. The fourth-order valence-corrected chi connectivity index (χ4v) is 3.57. The van der Waals surface area contributed by atoms with E-state index in [4.69, 9.17) is 12.2 Å². The molecule has 3 nitrogen and oxygen atoms in total. The molecule has 1 amide bonds. The number of hydrogen-bond donors (Lipinski definition) is 1. The number of benzene rings is 2. The van der Waals surface area contributed by atoms with Gasteiger partial charge in [0.1, 0.15) is 5.75 Å². The lowest BCUT2D eigenvalue weighted by molar-refractivity contribution is -0.113. The molecule has 3 rings (SSSR count). The highest BCUT2D eigenvalue weighted by atomic mass is 79.9. The first-order valence-electron chi connectivity index (χ1n) is 6.37. The zero-order valence-corrected chi connectivity index (χ0v) is 14.4. The van der Waals surface area contributed by atoms with Gasteiger partial charge < -0.3 is 5.11 Å². The summed E-state index contributed by atoms with van der Waals surface area (Å²) in [4.78, 5) is 14.7. The maximum atomic E-state index is 12.6. The molecular formula is C16H10BrNO2S2. The van der Waals surface area contributed by atoms with E-state index in [1.165, 1.54) is 16.7 Å². The van der Waals surface area contributed by atoms with Crippen molar-refractivity contribution in [3.63, 3.8) is 0 Å². The molecule has 0 atom stereocenters. The molecule has 1 saturated heterocycles. The summed E-state index contributed by atoms with van der Waals surface area (Å²) in [5, 5.41) is 9.30. The van der Waals surface area contributed by atoms with Crippen LogP contribution in [0, 0.1) is 0 Å². The number of thiocarbonyl (C=S) groups is 1. The number of aromatic hydroxyl groups is 1. The summed E-state index contributed by atoms with van der Waals surface area (Å²) in [5.41, 5.74) is 1.59. The number of carbonyl (C=O) groups excluding carboxylic acids is 1. The predicted octanol–water partition coefficient (Wildman–Crippen LogP) is 4.56. The number of anilines is 1. The van der Waals surface area contributed by atoms with Gasteiger partial charge in [0, 0.05) is 4.47 Å². The SMILES string of the molecule is O=C1/C(=C\c2ccc(O)cc2)SC(=S)N1c1ccc(Br)cc1. The minimum absolute atomic E-state index is 0.134. The Morgan fingerprint density at radius 2 is 1.73 bits per heavy atom. The van der Waals surface area contributed by atoms with Crippen LogP contribution in [0.3, 0.4) is 0 Å². The Bertz CT molecular complexity index is 770. The molecule has 0 aromatic heterocycles. The summed E-state index contributed by atoms with van der Waals surface area (Å²) in [6, 6.07) is 14.1. The molecule has 0 bridgehead atoms. The Kier molecular flexibility index (Phi) is 4.33. The summed E-state index contributed by atoms with van der Waals surface area (Å²) in [5.74, 6) is 0.0601. The third-order valence-electron chi connectivity index (χ3n) is 3.07. The normalized spacial score (nSPS) is 16.6. The highest BCUT2D eigenvalue weighted by molar-refractivity contribution is 9.10. The Labute approximate surface area is 145 Å². The van der Waals surface area contributed by atoms with E-state index in [9.17, 15) is 9.90 Å². The van der Waals surface area contributed by atoms with Gasteiger partial charge in [-0.25, -0.2) is 0 Å². The third kappa shape index (κ3) is 3.09. The van der Waals surface area contributed by atoms with E-state index in [1.807, 2.05) is 24.3 Å². The van der Waals surface area contributed by atoms with Crippen molar-refractivity contribution in [1.29, 1.82) is 0 Å². The van der Waals surface area contributed by atoms with E-state index in [1.54, 1.807) is 30.3 Å². The van der Waals surface area contributed by atoms with Gasteiger partial charge in [0.2, 0.25) is 0 Å². The van der Waals surface area contributed by atoms with Crippen molar-refractivity contribution in [1.82, 2.24) is 0 Å². The largest absolute Gasteiger partial charge is 0.508 e.